The molecule has 1 saturated heterocycles. The fourth-order valence-electron chi connectivity index (χ4n) is 5.12. The van der Waals surface area contributed by atoms with E-state index in [0.717, 1.165) is 13.2 Å². The summed E-state index contributed by atoms with van der Waals surface area (Å²) in [6, 6.07) is 25.0. The molecule has 2 atom stereocenters. The van der Waals surface area contributed by atoms with E-state index in [0.29, 0.717) is 17.3 Å². The second-order valence-electron chi connectivity index (χ2n) is 7.97. The molecular formula is C24H20OS. The Morgan fingerprint density at radius 3 is 2.46 bits per heavy atom. The zero-order chi connectivity index (χ0) is 17.1. The fraction of sp³-hybridized carbons (Fsp3) is 0.250. The number of hydrogen-bond donors (Lipinski definition) is 0. The summed E-state index contributed by atoms with van der Waals surface area (Å²) >= 11 is 1.83. The molecule has 2 fully saturated rings. The average Bonchev–Trinajstić information content (AvgIpc) is 3.07. The highest BCUT2D eigenvalue weighted by Gasteiger charge is 2.58. The van der Waals surface area contributed by atoms with Gasteiger partial charge >= 0.3 is 0 Å². The van der Waals surface area contributed by atoms with Crippen LogP contribution < -0.4 is 0 Å². The molecular weight excluding hydrogens is 336 g/mol. The molecule has 1 nitrogen and oxygen atoms in total. The molecule has 0 N–H and O–H groups in total. The predicted molar refractivity (Wildman–Crippen MR) is 109 cm³/mol. The lowest BCUT2D eigenvalue weighted by Gasteiger charge is -2.60. The molecule has 128 valence electrons. The van der Waals surface area contributed by atoms with Gasteiger partial charge in [-0.15, -0.1) is 11.3 Å². The Morgan fingerprint density at radius 2 is 1.62 bits per heavy atom. The Kier molecular flexibility index (Phi) is 3.12. The van der Waals surface area contributed by atoms with Gasteiger partial charge in [0.05, 0.1) is 13.2 Å². The lowest BCUT2D eigenvalue weighted by Crippen LogP contribution is -2.57. The summed E-state index contributed by atoms with van der Waals surface area (Å²) < 4.78 is 7.05. The van der Waals surface area contributed by atoms with E-state index in [2.05, 4.69) is 72.1 Å². The Balaban J connectivity index is 1.45. The van der Waals surface area contributed by atoms with Gasteiger partial charge < -0.3 is 4.74 Å². The third kappa shape index (κ3) is 2.06. The van der Waals surface area contributed by atoms with Gasteiger partial charge in [0.2, 0.25) is 0 Å². The Hall–Kier alpha value is -2.16. The van der Waals surface area contributed by atoms with Gasteiger partial charge in [0.15, 0.2) is 0 Å². The number of fused-ring (bicyclic) bond motifs is 2. The van der Waals surface area contributed by atoms with Crippen LogP contribution in [0.25, 0.3) is 20.9 Å². The molecule has 4 aromatic rings. The summed E-state index contributed by atoms with van der Waals surface area (Å²) in [5.74, 6) is 1.17. The van der Waals surface area contributed by atoms with Gasteiger partial charge in [-0.3, -0.25) is 0 Å². The second-order valence-corrected chi connectivity index (χ2v) is 8.92. The topological polar surface area (TPSA) is 9.23 Å². The summed E-state index contributed by atoms with van der Waals surface area (Å²) in [7, 11) is 0. The Morgan fingerprint density at radius 1 is 0.808 bits per heavy atom. The Labute approximate surface area is 157 Å². The zero-order valence-electron chi connectivity index (χ0n) is 14.5. The van der Waals surface area contributed by atoms with Crippen LogP contribution in [-0.4, -0.2) is 13.2 Å². The molecule has 26 heavy (non-hydrogen) atoms. The molecule has 1 aromatic heterocycles. The number of benzene rings is 3. The summed E-state index contributed by atoms with van der Waals surface area (Å²) in [6.07, 6.45) is 1.25. The van der Waals surface area contributed by atoms with Crippen molar-refractivity contribution in [1.29, 1.82) is 0 Å². The fourth-order valence-corrected chi connectivity index (χ4v) is 5.89. The second kappa shape index (κ2) is 5.42. The smallest absolute Gasteiger partial charge is 0.0551 e. The van der Waals surface area contributed by atoms with E-state index >= 15 is 0 Å². The largest absolute Gasteiger partial charge is 0.380 e. The minimum Gasteiger partial charge on any atom is -0.380 e. The standard InChI is InChI=1S/C24H20OS/c1-2-4-17-11-20(6-5-16(17)3-1)23-21(13-24(23)14-25-15-24)18-7-8-22-19(12-18)9-10-26-22/h1-12,21,23H,13-15H2. The average molecular weight is 356 g/mol. The minimum absolute atomic E-state index is 0.358. The van der Waals surface area contributed by atoms with Gasteiger partial charge in [0.1, 0.15) is 0 Å². The van der Waals surface area contributed by atoms with E-state index in [1.165, 1.54) is 38.4 Å². The summed E-state index contributed by atoms with van der Waals surface area (Å²) in [6.45, 7) is 1.84. The number of rotatable bonds is 2. The first kappa shape index (κ1) is 15.0. The minimum atomic E-state index is 0.358. The molecule has 0 amide bonds. The van der Waals surface area contributed by atoms with Crippen LogP contribution in [0, 0.1) is 5.41 Å². The van der Waals surface area contributed by atoms with Gasteiger partial charge in [0, 0.05) is 16.0 Å². The summed E-state index contributed by atoms with van der Waals surface area (Å²) in [5, 5.41) is 6.25. The van der Waals surface area contributed by atoms with Gasteiger partial charge in [-0.2, -0.15) is 0 Å². The molecule has 2 heteroatoms. The molecule has 2 heterocycles. The van der Waals surface area contributed by atoms with Crippen molar-refractivity contribution in [1.82, 2.24) is 0 Å². The molecule has 1 aliphatic heterocycles. The van der Waals surface area contributed by atoms with Crippen LogP contribution in [-0.2, 0) is 4.74 Å². The first-order chi connectivity index (χ1) is 12.8. The number of ether oxygens (including phenoxy) is 1. The number of hydrogen-bond acceptors (Lipinski definition) is 2. The van der Waals surface area contributed by atoms with Crippen LogP contribution in [0.5, 0.6) is 0 Å². The first-order valence-corrected chi connectivity index (χ1v) is 10.2. The predicted octanol–water partition coefficient (Wildman–Crippen LogP) is 6.34. The molecule has 2 unspecified atom stereocenters. The first-order valence-electron chi connectivity index (χ1n) is 9.36. The van der Waals surface area contributed by atoms with Gasteiger partial charge in [-0.05, 0) is 57.1 Å². The molecule has 3 aromatic carbocycles. The third-order valence-electron chi connectivity index (χ3n) is 6.50. The van der Waals surface area contributed by atoms with Crippen molar-refractivity contribution >= 4 is 32.2 Å². The molecule has 1 aliphatic carbocycles. The Bertz CT molecular complexity index is 1120. The molecule has 6 rings (SSSR count). The van der Waals surface area contributed by atoms with E-state index in [1.54, 1.807) is 0 Å². The SMILES string of the molecule is c1ccc2cc(C3C(c4ccc5sccc5c4)CC34COC4)ccc2c1. The van der Waals surface area contributed by atoms with Crippen molar-refractivity contribution in [2.24, 2.45) is 5.41 Å². The monoisotopic (exact) mass is 356 g/mol. The summed E-state index contributed by atoms with van der Waals surface area (Å²) in [4.78, 5) is 0. The van der Waals surface area contributed by atoms with Crippen LogP contribution in [0.15, 0.2) is 72.1 Å². The third-order valence-corrected chi connectivity index (χ3v) is 7.40. The lowest BCUT2D eigenvalue weighted by atomic mass is 9.49. The van der Waals surface area contributed by atoms with Crippen molar-refractivity contribution in [2.45, 2.75) is 18.3 Å². The molecule has 1 spiro atoms. The van der Waals surface area contributed by atoms with Gasteiger partial charge in [-0.25, -0.2) is 0 Å². The van der Waals surface area contributed by atoms with Crippen LogP contribution >= 0.6 is 11.3 Å². The molecule has 1 saturated carbocycles. The van der Waals surface area contributed by atoms with Crippen molar-refractivity contribution in [3.63, 3.8) is 0 Å². The maximum Gasteiger partial charge on any atom is 0.0551 e. The van der Waals surface area contributed by atoms with E-state index in [-0.39, 0.29) is 0 Å². The highest BCUT2D eigenvalue weighted by molar-refractivity contribution is 7.17. The van der Waals surface area contributed by atoms with Crippen molar-refractivity contribution < 1.29 is 4.74 Å². The van der Waals surface area contributed by atoms with Gasteiger partial charge in [-0.1, -0.05) is 54.6 Å². The highest BCUT2D eigenvalue weighted by atomic mass is 32.1. The van der Waals surface area contributed by atoms with E-state index in [9.17, 15) is 0 Å². The normalized spacial score (nSPS) is 23.8. The summed E-state index contributed by atoms with van der Waals surface area (Å²) in [5.41, 5.74) is 3.33. The van der Waals surface area contributed by atoms with Crippen LogP contribution in [0.4, 0.5) is 0 Å². The van der Waals surface area contributed by atoms with Crippen molar-refractivity contribution in [3.8, 4) is 0 Å². The van der Waals surface area contributed by atoms with E-state index < -0.39 is 0 Å². The van der Waals surface area contributed by atoms with E-state index in [1.807, 2.05) is 11.3 Å². The molecule has 2 aliphatic rings. The number of thiophene rings is 1. The zero-order valence-corrected chi connectivity index (χ0v) is 15.3. The highest BCUT2D eigenvalue weighted by Crippen LogP contribution is 2.64. The van der Waals surface area contributed by atoms with Gasteiger partial charge in [0.25, 0.3) is 0 Å². The van der Waals surface area contributed by atoms with Crippen LogP contribution in [0.3, 0.4) is 0 Å². The van der Waals surface area contributed by atoms with Crippen LogP contribution in [0.1, 0.15) is 29.4 Å². The lowest BCUT2D eigenvalue weighted by molar-refractivity contribution is -0.180. The quantitative estimate of drug-likeness (QED) is 0.407. The van der Waals surface area contributed by atoms with Crippen molar-refractivity contribution in [2.75, 3.05) is 13.2 Å². The maximum absolute atomic E-state index is 5.66. The maximum atomic E-state index is 5.66. The van der Waals surface area contributed by atoms with E-state index in [4.69, 9.17) is 4.74 Å². The molecule has 0 bridgehead atoms. The van der Waals surface area contributed by atoms with Crippen molar-refractivity contribution in [3.05, 3.63) is 83.2 Å². The van der Waals surface area contributed by atoms with Crippen LogP contribution in [0.2, 0.25) is 0 Å². The molecule has 0 radical (unpaired) electrons.